The number of nitrogens with zero attached hydrogens (tertiary/aromatic N) is 2. The standard InChI is InChI=1S/C31H24BrCl2FN2O5S/c1-4-41-30(39)26-16(2)36-31-37(27(26)18-6-9-21(35)10-7-18)29(38)25(43-31)13-17-11-22(32)28(24(12-17)40-3)42-15-19-5-8-20(33)14-23(19)34/h5-14,27H,4,15H2,1-3H3/b25-13-/t27-/m1/s1. The van der Waals surface area contributed by atoms with E-state index in [2.05, 4.69) is 20.9 Å². The highest BCUT2D eigenvalue weighted by Gasteiger charge is 2.33. The van der Waals surface area contributed by atoms with Crippen LogP contribution in [0.5, 0.6) is 11.5 Å². The van der Waals surface area contributed by atoms with Crippen LogP contribution in [0.4, 0.5) is 4.39 Å². The van der Waals surface area contributed by atoms with Gasteiger partial charge in [0.25, 0.3) is 5.56 Å². The van der Waals surface area contributed by atoms with Crippen LogP contribution in [0.25, 0.3) is 6.08 Å². The smallest absolute Gasteiger partial charge is 0.338 e. The van der Waals surface area contributed by atoms with Gasteiger partial charge in [-0.05, 0) is 83.4 Å². The lowest BCUT2D eigenvalue weighted by Gasteiger charge is -2.24. The van der Waals surface area contributed by atoms with Crippen molar-refractivity contribution in [2.75, 3.05) is 13.7 Å². The van der Waals surface area contributed by atoms with Crippen LogP contribution in [0.2, 0.25) is 10.0 Å². The predicted molar refractivity (Wildman–Crippen MR) is 168 cm³/mol. The Kier molecular flexibility index (Phi) is 9.41. The fourth-order valence-corrected chi connectivity index (χ4v) is 6.74. The highest BCUT2D eigenvalue weighted by Crippen LogP contribution is 2.38. The Bertz CT molecular complexity index is 1940. The first-order valence-corrected chi connectivity index (χ1v) is 15.4. The fraction of sp³-hybridized carbons (Fsp3) is 0.194. The van der Waals surface area contributed by atoms with Crippen LogP contribution in [0, 0.1) is 5.82 Å². The summed E-state index contributed by atoms with van der Waals surface area (Å²) in [5, 5.41) is 1.01. The topological polar surface area (TPSA) is 79.1 Å². The van der Waals surface area contributed by atoms with E-state index in [1.807, 2.05) is 0 Å². The van der Waals surface area contributed by atoms with Crippen LogP contribution in [-0.4, -0.2) is 24.3 Å². The summed E-state index contributed by atoms with van der Waals surface area (Å²) in [6.07, 6.45) is 1.71. The van der Waals surface area contributed by atoms with Crippen LogP contribution in [-0.2, 0) is 16.1 Å². The quantitative estimate of drug-likeness (QED) is 0.193. The molecule has 0 fully saturated rings. The number of rotatable bonds is 8. The number of esters is 1. The molecule has 1 aliphatic rings. The van der Waals surface area contributed by atoms with Crippen LogP contribution in [0.3, 0.4) is 0 Å². The Balaban J connectivity index is 1.56. The number of carbonyl (C=O) groups excluding carboxylic acids is 1. The van der Waals surface area contributed by atoms with Crippen molar-refractivity contribution in [1.82, 2.24) is 4.57 Å². The molecule has 1 aromatic heterocycles. The molecular formula is C31H24BrCl2FN2O5S. The molecule has 0 N–H and O–H groups in total. The predicted octanol–water partition coefficient (Wildman–Crippen LogP) is 6.59. The van der Waals surface area contributed by atoms with Crippen LogP contribution in [0.1, 0.15) is 36.6 Å². The first-order valence-electron chi connectivity index (χ1n) is 13.0. The number of aromatic nitrogens is 1. The SMILES string of the molecule is CCOC(=O)C1=C(C)N=c2s/c(=C\c3cc(Br)c(OCc4ccc(Cl)cc4Cl)c(OC)c3)c(=O)n2[C@@H]1c1ccc(F)cc1. The van der Waals surface area contributed by atoms with E-state index >= 15 is 0 Å². The highest BCUT2D eigenvalue weighted by molar-refractivity contribution is 9.10. The van der Waals surface area contributed by atoms with Gasteiger partial charge in [0.05, 0.1) is 40.0 Å². The van der Waals surface area contributed by atoms with E-state index in [9.17, 15) is 14.0 Å². The van der Waals surface area contributed by atoms with Crippen molar-refractivity contribution < 1.29 is 23.4 Å². The Morgan fingerprint density at radius 3 is 2.58 bits per heavy atom. The summed E-state index contributed by atoms with van der Waals surface area (Å²) in [7, 11) is 1.52. The number of allylic oxidation sites excluding steroid dienone is 1. The van der Waals surface area contributed by atoms with Crippen LogP contribution >= 0.6 is 50.5 Å². The molecule has 4 aromatic rings. The summed E-state index contributed by atoms with van der Waals surface area (Å²) in [5.74, 6) is -0.129. The average molecular weight is 706 g/mol. The number of thiazole rings is 1. The van der Waals surface area contributed by atoms with E-state index in [0.29, 0.717) is 52.2 Å². The van der Waals surface area contributed by atoms with Gasteiger partial charge in [-0.15, -0.1) is 0 Å². The third-order valence-electron chi connectivity index (χ3n) is 6.64. The minimum absolute atomic E-state index is 0.152. The molecule has 0 unspecified atom stereocenters. The van der Waals surface area contributed by atoms with Crippen molar-refractivity contribution in [3.05, 3.63) is 123 Å². The van der Waals surface area contributed by atoms with Gasteiger partial charge in [-0.25, -0.2) is 14.2 Å². The number of carbonyl (C=O) groups is 1. The van der Waals surface area contributed by atoms with Gasteiger partial charge in [-0.3, -0.25) is 9.36 Å². The molecule has 0 spiro atoms. The van der Waals surface area contributed by atoms with Gasteiger partial charge in [0.15, 0.2) is 16.3 Å². The summed E-state index contributed by atoms with van der Waals surface area (Å²) in [5.41, 5.74) is 2.24. The molecule has 5 rings (SSSR count). The number of methoxy groups -OCH3 is 1. The van der Waals surface area contributed by atoms with Gasteiger partial charge < -0.3 is 14.2 Å². The molecule has 43 heavy (non-hydrogen) atoms. The summed E-state index contributed by atoms with van der Waals surface area (Å²) in [6.45, 7) is 3.72. The fourth-order valence-electron chi connectivity index (χ4n) is 4.66. The molecule has 0 saturated heterocycles. The summed E-state index contributed by atoms with van der Waals surface area (Å²) in [6, 6.07) is 13.5. The largest absolute Gasteiger partial charge is 0.493 e. The Hall–Kier alpha value is -3.44. The maximum atomic E-state index is 13.9. The van der Waals surface area contributed by atoms with E-state index < -0.39 is 17.8 Å². The zero-order valence-corrected chi connectivity index (χ0v) is 27.0. The summed E-state index contributed by atoms with van der Waals surface area (Å²) >= 11 is 17.0. The number of hydrogen-bond acceptors (Lipinski definition) is 7. The Morgan fingerprint density at radius 1 is 1.16 bits per heavy atom. The lowest BCUT2D eigenvalue weighted by molar-refractivity contribution is -0.139. The Labute approximate surface area is 268 Å². The molecule has 12 heteroatoms. The third-order valence-corrected chi connectivity index (χ3v) is 8.80. The molecule has 0 saturated carbocycles. The molecule has 2 heterocycles. The molecule has 0 amide bonds. The number of halogens is 4. The van der Waals surface area contributed by atoms with Gasteiger partial charge in [-0.2, -0.15) is 0 Å². The molecule has 7 nitrogen and oxygen atoms in total. The number of hydrogen-bond donors (Lipinski definition) is 0. The Morgan fingerprint density at radius 2 is 1.91 bits per heavy atom. The number of ether oxygens (including phenoxy) is 3. The van der Waals surface area contributed by atoms with Crippen molar-refractivity contribution in [2.45, 2.75) is 26.5 Å². The number of fused-ring (bicyclic) bond motifs is 1. The van der Waals surface area contributed by atoms with E-state index in [-0.39, 0.29) is 24.3 Å². The summed E-state index contributed by atoms with van der Waals surface area (Å²) in [4.78, 5) is 31.9. The molecule has 0 radical (unpaired) electrons. The van der Waals surface area contributed by atoms with Gasteiger partial charge >= 0.3 is 5.97 Å². The lowest BCUT2D eigenvalue weighted by Crippen LogP contribution is -2.39. The van der Waals surface area contributed by atoms with Crippen molar-refractivity contribution in [3.8, 4) is 11.5 Å². The van der Waals surface area contributed by atoms with E-state index in [0.717, 1.165) is 5.56 Å². The third kappa shape index (κ3) is 6.43. The molecule has 3 aromatic carbocycles. The number of benzene rings is 3. The minimum Gasteiger partial charge on any atom is -0.493 e. The van der Waals surface area contributed by atoms with Crippen molar-refractivity contribution in [3.63, 3.8) is 0 Å². The molecule has 1 aliphatic heterocycles. The van der Waals surface area contributed by atoms with Crippen LogP contribution in [0.15, 0.2) is 80.1 Å². The van der Waals surface area contributed by atoms with E-state index in [4.69, 9.17) is 37.4 Å². The second-order valence-corrected chi connectivity index (χ2v) is 12.1. The van der Waals surface area contributed by atoms with Crippen LogP contribution < -0.4 is 24.4 Å². The maximum absolute atomic E-state index is 13.9. The first kappa shape index (κ1) is 31.0. The molecule has 222 valence electrons. The van der Waals surface area contributed by atoms with Gasteiger partial charge in [-0.1, -0.05) is 52.7 Å². The average Bonchev–Trinajstić information content (AvgIpc) is 3.26. The monoisotopic (exact) mass is 704 g/mol. The lowest BCUT2D eigenvalue weighted by atomic mass is 9.96. The first-order chi connectivity index (χ1) is 20.6. The zero-order chi connectivity index (χ0) is 30.8. The molecule has 1 atom stereocenters. The zero-order valence-electron chi connectivity index (χ0n) is 23.1. The van der Waals surface area contributed by atoms with Gasteiger partial charge in [0, 0.05) is 15.6 Å². The molecule has 0 aliphatic carbocycles. The second-order valence-electron chi connectivity index (χ2n) is 9.41. The normalized spacial score (nSPS) is 14.8. The van der Waals surface area contributed by atoms with Crippen molar-refractivity contribution in [2.24, 2.45) is 4.99 Å². The molecular weight excluding hydrogens is 682 g/mol. The molecule has 0 bridgehead atoms. The highest BCUT2D eigenvalue weighted by atomic mass is 79.9. The second kappa shape index (κ2) is 13.1. The van der Waals surface area contributed by atoms with Gasteiger partial charge in [0.1, 0.15) is 12.4 Å². The van der Waals surface area contributed by atoms with Crippen molar-refractivity contribution >= 4 is 62.5 Å². The summed E-state index contributed by atoms with van der Waals surface area (Å²) < 4.78 is 33.1. The van der Waals surface area contributed by atoms with E-state index in [1.54, 1.807) is 62.4 Å². The minimum atomic E-state index is -0.838. The van der Waals surface area contributed by atoms with E-state index in [1.165, 1.54) is 35.1 Å². The van der Waals surface area contributed by atoms with Crippen molar-refractivity contribution in [1.29, 1.82) is 0 Å². The van der Waals surface area contributed by atoms with Gasteiger partial charge in [0.2, 0.25) is 0 Å². The maximum Gasteiger partial charge on any atom is 0.338 e.